The zero-order valence-corrected chi connectivity index (χ0v) is 17.2. The van der Waals surface area contributed by atoms with Crippen molar-refractivity contribution >= 4 is 0 Å². The molecule has 0 aromatic heterocycles. The first-order valence-electron chi connectivity index (χ1n) is 11.0. The Hall–Kier alpha value is -1.04. The summed E-state index contributed by atoms with van der Waals surface area (Å²) in [5, 5.41) is 11.3. The van der Waals surface area contributed by atoms with Crippen LogP contribution in [0.25, 0.3) is 0 Å². The van der Waals surface area contributed by atoms with Crippen molar-refractivity contribution in [1.82, 2.24) is 0 Å². The van der Waals surface area contributed by atoms with E-state index in [0.29, 0.717) is 29.8 Å². The van der Waals surface area contributed by atoms with Crippen molar-refractivity contribution in [2.24, 2.45) is 29.1 Å². The lowest BCUT2D eigenvalue weighted by molar-refractivity contribution is -0.0945. The van der Waals surface area contributed by atoms with Crippen LogP contribution in [-0.2, 0) is 4.74 Å². The summed E-state index contributed by atoms with van der Waals surface area (Å²) in [4.78, 5) is 0. The molecule has 0 saturated heterocycles. The van der Waals surface area contributed by atoms with Gasteiger partial charge in [0, 0.05) is 12.5 Å². The first kappa shape index (κ1) is 19.3. The number of terminal acetylenes is 1. The maximum atomic E-state index is 11.3. The van der Waals surface area contributed by atoms with Crippen molar-refractivity contribution in [3.63, 3.8) is 0 Å². The van der Waals surface area contributed by atoms with Gasteiger partial charge in [-0.1, -0.05) is 30.1 Å². The number of methoxy groups -OCH3 is 1. The van der Waals surface area contributed by atoms with Gasteiger partial charge in [-0.15, -0.1) is 13.0 Å². The van der Waals surface area contributed by atoms with Gasteiger partial charge < -0.3 is 9.84 Å². The summed E-state index contributed by atoms with van der Waals surface area (Å²) in [6.07, 6.45) is 19.5. The molecule has 4 rings (SSSR count). The molecule has 0 amide bonds. The molecule has 0 aromatic rings. The molecule has 2 fully saturated rings. The molecule has 4 aliphatic carbocycles. The van der Waals surface area contributed by atoms with Crippen molar-refractivity contribution < 1.29 is 9.84 Å². The molecule has 2 nitrogen and oxygen atoms in total. The molecule has 0 spiro atoms. The summed E-state index contributed by atoms with van der Waals surface area (Å²) in [5.41, 5.74) is 2.42. The average Bonchev–Trinajstić information content (AvgIpc) is 2.96. The van der Waals surface area contributed by atoms with E-state index >= 15 is 0 Å². The van der Waals surface area contributed by atoms with Gasteiger partial charge in [-0.3, -0.25) is 0 Å². The summed E-state index contributed by atoms with van der Waals surface area (Å²) in [6.45, 7) is 6.27. The van der Waals surface area contributed by atoms with Gasteiger partial charge in [0.15, 0.2) is 0 Å². The maximum Gasteiger partial charge on any atom is 0.130 e. The fourth-order valence-corrected chi connectivity index (χ4v) is 7.54. The summed E-state index contributed by atoms with van der Waals surface area (Å²) < 4.78 is 5.69. The molecule has 7 atom stereocenters. The van der Waals surface area contributed by atoms with Gasteiger partial charge in [-0.05, 0) is 87.9 Å². The second-order valence-electron chi connectivity index (χ2n) is 9.86. The van der Waals surface area contributed by atoms with Gasteiger partial charge in [0.25, 0.3) is 0 Å². The minimum absolute atomic E-state index is 0.128. The Bertz CT molecular complexity index is 670. The third kappa shape index (κ3) is 2.85. The second-order valence-corrected chi connectivity index (χ2v) is 9.86. The van der Waals surface area contributed by atoms with Crippen LogP contribution < -0.4 is 0 Å². The molecule has 0 bridgehead atoms. The van der Waals surface area contributed by atoms with Crippen LogP contribution in [0.1, 0.15) is 71.1 Å². The van der Waals surface area contributed by atoms with E-state index < -0.39 is 5.60 Å². The molecule has 2 saturated carbocycles. The minimum Gasteiger partial charge on any atom is -0.381 e. The number of allylic oxidation sites excluding steroid dienone is 2. The quantitative estimate of drug-likeness (QED) is 0.541. The predicted molar refractivity (Wildman–Crippen MR) is 110 cm³/mol. The Morgan fingerprint density at radius 1 is 1.33 bits per heavy atom. The third-order valence-corrected chi connectivity index (χ3v) is 8.91. The number of aliphatic hydroxyl groups is 1. The number of rotatable bonds is 4. The zero-order valence-electron chi connectivity index (χ0n) is 17.2. The third-order valence-electron chi connectivity index (χ3n) is 8.91. The van der Waals surface area contributed by atoms with Gasteiger partial charge in [-0.25, -0.2) is 0 Å². The van der Waals surface area contributed by atoms with Gasteiger partial charge >= 0.3 is 0 Å². The van der Waals surface area contributed by atoms with Crippen LogP contribution in [0.5, 0.6) is 0 Å². The van der Waals surface area contributed by atoms with Crippen LogP contribution in [-0.4, -0.2) is 23.9 Å². The summed E-state index contributed by atoms with van der Waals surface area (Å²) in [7, 11) is 1.86. The molecule has 0 aliphatic heterocycles. The Kier molecular flexibility index (Phi) is 5.06. The smallest absolute Gasteiger partial charge is 0.130 e. The maximum absolute atomic E-state index is 11.3. The van der Waals surface area contributed by atoms with Crippen LogP contribution in [0.4, 0.5) is 0 Å². The molecule has 1 N–H and O–H groups in total. The molecule has 2 heteroatoms. The SMILES string of the molecule is C#C[C@]1(O)CCC2C3CCC4=C(CCC(OC)C4)C3C(CCC=C)CC21C. The Morgan fingerprint density at radius 3 is 2.85 bits per heavy atom. The van der Waals surface area contributed by atoms with Gasteiger partial charge in [0.05, 0.1) is 6.10 Å². The van der Waals surface area contributed by atoms with Crippen molar-refractivity contribution in [3.05, 3.63) is 23.8 Å². The fourth-order valence-electron chi connectivity index (χ4n) is 7.54. The molecule has 0 radical (unpaired) electrons. The normalized spacial score (nSPS) is 46.2. The molecule has 6 unspecified atom stereocenters. The van der Waals surface area contributed by atoms with Gasteiger partial charge in [-0.2, -0.15) is 0 Å². The monoisotopic (exact) mass is 368 g/mol. The van der Waals surface area contributed by atoms with Crippen LogP contribution in [0.3, 0.4) is 0 Å². The number of hydrogen-bond donors (Lipinski definition) is 1. The Morgan fingerprint density at radius 2 is 2.15 bits per heavy atom. The van der Waals surface area contributed by atoms with E-state index in [1.54, 1.807) is 11.1 Å². The topological polar surface area (TPSA) is 29.5 Å². The summed E-state index contributed by atoms with van der Waals surface area (Å²) in [6, 6.07) is 0. The number of fused-ring (bicyclic) bond motifs is 4. The first-order valence-corrected chi connectivity index (χ1v) is 11.0. The van der Waals surface area contributed by atoms with Gasteiger partial charge in [0.2, 0.25) is 0 Å². The number of ether oxygens (including phenoxy) is 1. The summed E-state index contributed by atoms with van der Waals surface area (Å²) >= 11 is 0. The molecular weight excluding hydrogens is 332 g/mol. The van der Waals surface area contributed by atoms with Crippen LogP contribution in [0, 0.1) is 41.4 Å². The second kappa shape index (κ2) is 7.09. The first-order chi connectivity index (χ1) is 13.0. The van der Waals surface area contributed by atoms with E-state index in [0.717, 1.165) is 32.1 Å². The van der Waals surface area contributed by atoms with E-state index in [9.17, 15) is 5.11 Å². The van der Waals surface area contributed by atoms with Gasteiger partial charge in [0.1, 0.15) is 5.60 Å². The Balaban J connectivity index is 1.71. The predicted octanol–water partition coefficient (Wildman–Crippen LogP) is 5.27. The van der Waals surface area contributed by atoms with Crippen molar-refractivity contribution in [3.8, 4) is 12.3 Å². The van der Waals surface area contributed by atoms with Crippen molar-refractivity contribution in [2.45, 2.75) is 82.8 Å². The van der Waals surface area contributed by atoms with E-state index in [1.807, 2.05) is 7.11 Å². The highest BCUT2D eigenvalue weighted by atomic mass is 16.5. The van der Waals surface area contributed by atoms with E-state index in [1.165, 1.54) is 32.1 Å². The van der Waals surface area contributed by atoms with Crippen molar-refractivity contribution in [2.75, 3.05) is 7.11 Å². The highest BCUT2D eigenvalue weighted by Gasteiger charge is 2.63. The molecular formula is C25H36O2. The largest absolute Gasteiger partial charge is 0.381 e. The molecule has 148 valence electrons. The lowest BCUT2D eigenvalue weighted by atomic mass is 9.48. The highest BCUT2D eigenvalue weighted by molar-refractivity contribution is 5.31. The fraction of sp³-hybridized carbons (Fsp3) is 0.760. The molecule has 0 aromatic carbocycles. The van der Waals surface area contributed by atoms with E-state index in [-0.39, 0.29) is 5.41 Å². The van der Waals surface area contributed by atoms with Crippen LogP contribution >= 0.6 is 0 Å². The zero-order chi connectivity index (χ0) is 19.2. The minimum atomic E-state index is -0.919. The van der Waals surface area contributed by atoms with E-state index in [2.05, 4.69) is 25.5 Å². The van der Waals surface area contributed by atoms with E-state index in [4.69, 9.17) is 11.2 Å². The standard InChI is InChI=1S/C25H36O2/c1-5-7-8-18-16-24(3)22(13-14-25(24,26)6-2)21-11-9-17-15-19(27-4)10-12-20(17)23(18)21/h2,5,18-19,21-23,26H,1,7-16H2,3-4H3/t18?,19?,21?,22?,23?,24?,25-/m0/s1. The lowest BCUT2D eigenvalue weighted by Gasteiger charge is -2.56. The van der Waals surface area contributed by atoms with Crippen LogP contribution in [0.2, 0.25) is 0 Å². The van der Waals surface area contributed by atoms with Crippen LogP contribution in [0.15, 0.2) is 23.8 Å². The highest BCUT2D eigenvalue weighted by Crippen LogP contribution is 2.66. The molecule has 4 aliphatic rings. The number of hydrogen-bond acceptors (Lipinski definition) is 2. The summed E-state index contributed by atoms with van der Waals surface area (Å²) in [5.74, 6) is 5.41. The molecule has 27 heavy (non-hydrogen) atoms. The Labute approximate surface area is 165 Å². The molecule has 0 heterocycles. The lowest BCUT2D eigenvalue weighted by Crippen LogP contribution is -2.54. The van der Waals surface area contributed by atoms with Crippen molar-refractivity contribution in [1.29, 1.82) is 0 Å². The average molecular weight is 369 g/mol.